The molecule has 1 aliphatic rings. The van der Waals surface area contributed by atoms with Gasteiger partial charge in [-0.2, -0.15) is 0 Å². The fraction of sp³-hybridized carbons (Fsp3) is 0.786. The second-order valence-electron chi connectivity index (χ2n) is 5.66. The summed E-state index contributed by atoms with van der Waals surface area (Å²) in [5, 5.41) is 3.30. The third kappa shape index (κ3) is 5.03. The Hall–Kier alpha value is -0.160. The highest BCUT2D eigenvalue weighted by atomic mass is 35.5. The summed E-state index contributed by atoms with van der Waals surface area (Å²) in [4.78, 5) is 9.41. The van der Waals surface area contributed by atoms with Gasteiger partial charge in [0.2, 0.25) is 0 Å². The van der Waals surface area contributed by atoms with Gasteiger partial charge in [-0.3, -0.25) is 0 Å². The van der Waals surface area contributed by atoms with E-state index in [9.17, 15) is 0 Å². The number of likely N-dealkylation sites (tertiary alicyclic amines) is 1. The standard InChI is InChI=1S/C14H24ClN3S/c1-17(2)10-12-3-6-18(7-4-12)8-5-14-16-13(9-15)11-19-14/h11-12H,3-10H2,1-2H3. The van der Waals surface area contributed by atoms with Gasteiger partial charge in [0, 0.05) is 24.9 Å². The van der Waals surface area contributed by atoms with Crippen LogP contribution in [0.25, 0.3) is 0 Å². The molecule has 108 valence electrons. The molecule has 2 heterocycles. The second kappa shape index (κ2) is 7.58. The average molecular weight is 302 g/mol. The van der Waals surface area contributed by atoms with Crippen LogP contribution in [0.15, 0.2) is 5.38 Å². The molecule has 1 fully saturated rings. The van der Waals surface area contributed by atoms with E-state index in [4.69, 9.17) is 11.6 Å². The van der Waals surface area contributed by atoms with Crippen molar-refractivity contribution in [1.82, 2.24) is 14.8 Å². The molecule has 1 aliphatic heterocycles. The first-order valence-corrected chi connectivity index (χ1v) is 8.45. The number of halogens is 1. The van der Waals surface area contributed by atoms with Gasteiger partial charge in [-0.25, -0.2) is 4.98 Å². The summed E-state index contributed by atoms with van der Waals surface area (Å²) >= 11 is 7.52. The summed E-state index contributed by atoms with van der Waals surface area (Å²) in [6.45, 7) is 4.86. The molecule has 3 nitrogen and oxygen atoms in total. The van der Waals surface area contributed by atoms with Crippen molar-refractivity contribution in [3.8, 4) is 0 Å². The quantitative estimate of drug-likeness (QED) is 0.753. The molecule has 0 saturated carbocycles. The van der Waals surface area contributed by atoms with E-state index in [1.165, 1.54) is 37.5 Å². The Morgan fingerprint density at radius 2 is 2.16 bits per heavy atom. The number of thiazole rings is 1. The molecule has 19 heavy (non-hydrogen) atoms. The van der Waals surface area contributed by atoms with Gasteiger partial charge in [-0.1, -0.05) is 0 Å². The summed E-state index contributed by atoms with van der Waals surface area (Å²) in [6, 6.07) is 0. The van der Waals surface area contributed by atoms with Gasteiger partial charge >= 0.3 is 0 Å². The maximum Gasteiger partial charge on any atom is 0.0941 e. The van der Waals surface area contributed by atoms with Crippen LogP contribution >= 0.6 is 22.9 Å². The molecule has 1 saturated heterocycles. The Bertz CT molecular complexity index is 373. The van der Waals surface area contributed by atoms with Crippen LogP contribution in [-0.2, 0) is 12.3 Å². The van der Waals surface area contributed by atoms with Crippen LogP contribution in [0, 0.1) is 5.92 Å². The lowest BCUT2D eigenvalue weighted by Crippen LogP contribution is -2.38. The zero-order valence-corrected chi connectivity index (χ0v) is 13.5. The van der Waals surface area contributed by atoms with E-state index >= 15 is 0 Å². The van der Waals surface area contributed by atoms with Crippen molar-refractivity contribution in [3.63, 3.8) is 0 Å². The van der Waals surface area contributed by atoms with Crippen molar-refractivity contribution in [3.05, 3.63) is 16.1 Å². The predicted octanol–water partition coefficient (Wildman–Crippen LogP) is 2.70. The number of alkyl halides is 1. The monoisotopic (exact) mass is 301 g/mol. The molecule has 0 amide bonds. The molecule has 0 aromatic carbocycles. The topological polar surface area (TPSA) is 19.4 Å². The van der Waals surface area contributed by atoms with E-state index in [0.717, 1.165) is 24.6 Å². The van der Waals surface area contributed by atoms with Gasteiger partial charge in [0.1, 0.15) is 0 Å². The molecular formula is C14H24ClN3S. The maximum atomic E-state index is 5.78. The molecule has 0 N–H and O–H groups in total. The van der Waals surface area contributed by atoms with Crippen molar-refractivity contribution >= 4 is 22.9 Å². The molecule has 5 heteroatoms. The van der Waals surface area contributed by atoms with Crippen molar-refractivity contribution in [1.29, 1.82) is 0 Å². The van der Waals surface area contributed by atoms with E-state index in [1.54, 1.807) is 11.3 Å². The summed E-state index contributed by atoms with van der Waals surface area (Å²) in [5.41, 5.74) is 1.02. The Kier molecular flexibility index (Phi) is 6.07. The molecule has 0 radical (unpaired) electrons. The van der Waals surface area contributed by atoms with Gasteiger partial charge in [0.25, 0.3) is 0 Å². The number of hydrogen-bond donors (Lipinski definition) is 0. The highest BCUT2D eigenvalue weighted by Gasteiger charge is 2.19. The van der Waals surface area contributed by atoms with Gasteiger partial charge in [0.15, 0.2) is 0 Å². The molecular weight excluding hydrogens is 278 g/mol. The number of rotatable bonds is 6. The number of hydrogen-bond acceptors (Lipinski definition) is 4. The van der Waals surface area contributed by atoms with Gasteiger partial charge in [0.05, 0.1) is 16.6 Å². The zero-order chi connectivity index (χ0) is 13.7. The Morgan fingerprint density at radius 1 is 1.42 bits per heavy atom. The summed E-state index contributed by atoms with van der Waals surface area (Å²) in [6.07, 6.45) is 3.74. The maximum absolute atomic E-state index is 5.78. The third-order valence-electron chi connectivity index (χ3n) is 3.71. The molecule has 2 rings (SSSR count). The first-order valence-electron chi connectivity index (χ1n) is 7.03. The Morgan fingerprint density at radius 3 is 2.74 bits per heavy atom. The van der Waals surface area contributed by atoms with Crippen LogP contribution in [0.4, 0.5) is 0 Å². The minimum Gasteiger partial charge on any atom is -0.309 e. The fourth-order valence-corrected chi connectivity index (χ4v) is 3.70. The Labute approximate surface area is 125 Å². The average Bonchev–Trinajstić information content (AvgIpc) is 2.85. The van der Waals surface area contributed by atoms with Gasteiger partial charge in [-0.15, -0.1) is 22.9 Å². The van der Waals surface area contributed by atoms with Crippen LogP contribution in [0.2, 0.25) is 0 Å². The minimum atomic E-state index is 0.534. The van der Waals surface area contributed by atoms with Crippen LogP contribution < -0.4 is 0 Å². The smallest absolute Gasteiger partial charge is 0.0941 e. The van der Waals surface area contributed by atoms with E-state index in [-0.39, 0.29) is 0 Å². The number of nitrogens with zero attached hydrogens (tertiary/aromatic N) is 3. The second-order valence-corrected chi connectivity index (χ2v) is 6.87. The molecule has 0 aliphatic carbocycles. The van der Waals surface area contributed by atoms with Crippen LogP contribution in [0.5, 0.6) is 0 Å². The first-order chi connectivity index (χ1) is 9.17. The van der Waals surface area contributed by atoms with Crippen molar-refractivity contribution in [2.45, 2.75) is 25.1 Å². The largest absolute Gasteiger partial charge is 0.309 e. The van der Waals surface area contributed by atoms with E-state index in [0.29, 0.717) is 5.88 Å². The number of aromatic nitrogens is 1. The highest BCUT2D eigenvalue weighted by molar-refractivity contribution is 7.09. The molecule has 0 bridgehead atoms. The fourth-order valence-electron chi connectivity index (χ4n) is 2.69. The van der Waals surface area contributed by atoms with Crippen LogP contribution in [-0.4, -0.2) is 55.1 Å². The van der Waals surface area contributed by atoms with Crippen LogP contribution in [0.3, 0.4) is 0 Å². The van der Waals surface area contributed by atoms with E-state index in [1.807, 2.05) is 0 Å². The van der Waals surface area contributed by atoms with Crippen molar-refractivity contribution in [2.24, 2.45) is 5.92 Å². The van der Waals surface area contributed by atoms with Crippen LogP contribution in [0.1, 0.15) is 23.5 Å². The van der Waals surface area contributed by atoms with E-state index < -0.39 is 0 Å². The minimum absolute atomic E-state index is 0.534. The predicted molar refractivity (Wildman–Crippen MR) is 83.1 cm³/mol. The van der Waals surface area contributed by atoms with Crippen molar-refractivity contribution in [2.75, 3.05) is 40.3 Å². The third-order valence-corrected chi connectivity index (χ3v) is 4.94. The lowest BCUT2D eigenvalue weighted by molar-refractivity contribution is 0.164. The van der Waals surface area contributed by atoms with E-state index in [2.05, 4.69) is 34.3 Å². The normalized spacial score (nSPS) is 18.3. The molecule has 1 aromatic heterocycles. The molecule has 1 aromatic rings. The summed E-state index contributed by atoms with van der Waals surface area (Å²) in [5.74, 6) is 1.42. The van der Waals surface area contributed by atoms with Gasteiger partial charge in [-0.05, 0) is 45.9 Å². The molecule has 0 unspecified atom stereocenters. The SMILES string of the molecule is CN(C)CC1CCN(CCc2nc(CCl)cs2)CC1. The lowest BCUT2D eigenvalue weighted by Gasteiger charge is -2.33. The Balaban J connectivity index is 1.68. The summed E-state index contributed by atoms with van der Waals surface area (Å²) < 4.78 is 0. The molecule has 0 atom stereocenters. The zero-order valence-electron chi connectivity index (χ0n) is 11.9. The highest BCUT2D eigenvalue weighted by Crippen LogP contribution is 2.19. The first kappa shape index (κ1) is 15.2. The molecule has 0 spiro atoms. The van der Waals surface area contributed by atoms with Gasteiger partial charge < -0.3 is 9.80 Å². The number of piperidine rings is 1. The summed E-state index contributed by atoms with van der Waals surface area (Å²) in [7, 11) is 4.34. The van der Waals surface area contributed by atoms with Crippen molar-refractivity contribution < 1.29 is 0 Å². The lowest BCUT2D eigenvalue weighted by atomic mass is 9.96.